The molecule has 1 atom stereocenters. The van der Waals surface area contributed by atoms with Crippen molar-refractivity contribution in [3.05, 3.63) is 68.7 Å². The molecule has 0 aliphatic heterocycles. The maximum absolute atomic E-state index is 6.50. The third-order valence-electron chi connectivity index (χ3n) is 2.79. The molecule has 0 heterocycles. The van der Waals surface area contributed by atoms with Gasteiger partial charge in [0.2, 0.25) is 0 Å². The maximum atomic E-state index is 6.50. The van der Waals surface area contributed by atoms with Crippen LogP contribution in [0, 0.1) is 6.92 Å². The highest BCUT2D eigenvalue weighted by Gasteiger charge is 2.12. The van der Waals surface area contributed by atoms with Crippen LogP contribution in [0.3, 0.4) is 0 Å². The van der Waals surface area contributed by atoms with E-state index in [4.69, 9.17) is 23.2 Å². The number of rotatable bonds is 3. The Morgan fingerprint density at radius 2 is 1.94 bits per heavy atom. The van der Waals surface area contributed by atoms with Gasteiger partial charge in [0.1, 0.15) is 0 Å². The number of hydrogen-bond donors (Lipinski definition) is 0. The molecule has 0 spiro atoms. The number of aryl methyl sites for hydroxylation is 1. The van der Waals surface area contributed by atoms with Crippen molar-refractivity contribution < 1.29 is 0 Å². The minimum Gasteiger partial charge on any atom is -0.117 e. The summed E-state index contributed by atoms with van der Waals surface area (Å²) in [6.07, 6.45) is 0.768. The molecule has 0 nitrogen and oxygen atoms in total. The van der Waals surface area contributed by atoms with Gasteiger partial charge in [-0.2, -0.15) is 0 Å². The summed E-state index contributed by atoms with van der Waals surface area (Å²) in [7, 11) is 0. The number of benzene rings is 2. The first-order chi connectivity index (χ1) is 8.56. The van der Waals surface area contributed by atoms with Gasteiger partial charge in [-0.1, -0.05) is 57.4 Å². The average Bonchev–Trinajstić information content (AvgIpc) is 2.32. The molecule has 0 aliphatic rings. The van der Waals surface area contributed by atoms with E-state index in [0.29, 0.717) is 0 Å². The SMILES string of the molecule is Cc1ccc(Br)c(C(Cl)Cc2cccc(Cl)c2)c1. The van der Waals surface area contributed by atoms with Crippen molar-refractivity contribution in [1.29, 1.82) is 0 Å². The molecule has 2 rings (SSSR count). The molecular formula is C15H13BrCl2. The van der Waals surface area contributed by atoms with Gasteiger partial charge in [-0.25, -0.2) is 0 Å². The molecule has 0 radical (unpaired) electrons. The summed E-state index contributed by atoms with van der Waals surface area (Å²) < 4.78 is 1.05. The fraction of sp³-hybridized carbons (Fsp3) is 0.200. The Bertz CT molecular complexity index is 552. The Kier molecular flexibility index (Phi) is 4.71. The van der Waals surface area contributed by atoms with Crippen molar-refractivity contribution in [3.8, 4) is 0 Å². The van der Waals surface area contributed by atoms with Crippen molar-refractivity contribution in [3.63, 3.8) is 0 Å². The van der Waals surface area contributed by atoms with Crippen molar-refractivity contribution in [2.24, 2.45) is 0 Å². The summed E-state index contributed by atoms with van der Waals surface area (Å²) >= 11 is 16.0. The zero-order chi connectivity index (χ0) is 13.1. The molecule has 0 aliphatic carbocycles. The van der Waals surface area contributed by atoms with Crippen LogP contribution in [0.4, 0.5) is 0 Å². The predicted octanol–water partition coefficient (Wildman–Crippen LogP) is 5.93. The lowest BCUT2D eigenvalue weighted by Crippen LogP contribution is -1.97. The van der Waals surface area contributed by atoms with Crippen LogP contribution in [0.5, 0.6) is 0 Å². The number of hydrogen-bond acceptors (Lipinski definition) is 0. The summed E-state index contributed by atoms with van der Waals surface area (Å²) in [5.74, 6) is 0. The first kappa shape index (κ1) is 13.9. The second kappa shape index (κ2) is 6.10. The highest BCUT2D eigenvalue weighted by atomic mass is 79.9. The largest absolute Gasteiger partial charge is 0.117 e. The summed E-state index contributed by atoms with van der Waals surface area (Å²) in [5, 5.41) is 0.692. The fourth-order valence-corrected chi connectivity index (χ4v) is 3.11. The Balaban J connectivity index is 2.21. The van der Waals surface area contributed by atoms with Gasteiger partial charge < -0.3 is 0 Å². The van der Waals surface area contributed by atoms with Crippen LogP contribution in [0.15, 0.2) is 46.9 Å². The van der Waals surface area contributed by atoms with Crippen molar-refractivity contribution in [2.45, 2.75) is 18.7 Å². The van der Waals surface area contributed by atoms with Gasteiger partial charge in [-0.15, -0.1) is 11.6 Å². The first-order valence-electron chi connectivity index (χ1n) is 5.71. The molecular weight excluding hydrogens is 331 g/mol. The third-order valence-corrected chi connectivity index (χ3v) is 4.14. The Morgan fingerprint density at radius 1 is 1.17 bits per heavy atom. The Morgan fingerprint density at radius 3 is 2.67 bits per heavy atom. The molecule has 0 saturated carbocycles. The first-order valence-corrected chi connectivity index (χ1v) is 7.31. The minimum absolute atomic E-state index is 0.0576. The van der Waals surface area contributed by atoms with Crippen LogP contribution >= 0.6 is 39.1 Å². The van der Waals surface area contributed by atoms with E-state index in [0.717, 1.165) is 27.0 Å². The van der Waals surface area contributed by atoms with Crippen LogP contribution in [0.2, 0.25) is 5.02 Å². The zero-order valence-electron chi connectivity index (χ0n) is 9.96. The van der Waals surface area contributed by atoms with E-state index in [1.165, 1.54) is 5.56 Å². The lowest BCUT2D eigenvalue weighted by molar-refractivity contribution is 0.912. The van der Waals surface area contributed by atoms with Crippen molar-refractivity contribution >= 4 is 39.1 Å². The van der Waals surface area contributed by atoms with Gasteiger partial charge in [0, 0.05) is 9.50 Å². The molecule has 0 N–H and O–H groups in total. The van der Waals surface area contributed by atoms with E-state index in [1.807, 2.05) is 30.3 Å². The molecule has 0 amide bonds. The predicted molar refractivity (Wildman–Crippen MR) is 82.6 cm³/mol. The van der Waals surface area contributed by atoms with E-state index in [9.17, 15) is 0 Å². The zero-order valence-corrected chi connectivity index (χ0v) is 13.1. The molecule has 18 heavy (non-hydrogen) atoms. The summed E-state index contributed by atoms with van der Waals surface area (Å²) in [4.78, 5) is 0. The summed E-state index contributed by atoms with van der Waals surface area (Å²) in [6.45, 7) is 2.07. The third kappa shape index (κ3) is 3.50. The lowest BCUT2D eigenvalue weighted by atomic mass is 10.0. The average molecular weight is 344 g/mol. The van der Waals surface area contributed by atoms with Crippen LogP contribution in [0.25, 0.3) is 0 Å². The van der Waals surface area contributed by atoms with Crippen LogP contribution in [-0.4, -0.2) is 0 Å². The van der Waals surface area contributed by atoms with Gasteiger partial charge in [0.15, 0.2) is 0 Å². The van der Waals surface area contributed by atoms with E-state index < -0.39 is 0 Å². The highest BCUT2D eigenvalue weighted by molar-refractivity contribution is 9.10. The van der Waals surface area contributed by atoms with E-state index >= 15 is 0 Å². The second-order valence-electron chi connectivity index (χ2n) is 4.33. The Labute approximate surface area is 126 Å². The molecule has 2 aromatic carbocycles. The molecule has 1 unspecified atom stereocenters. The summed E-state index contributed by atoms with van der Waals surface area (Å²) in [5.41, 5.74) is 3.48. The highest BCUT2D eigenvalue weighted by Crippen LogP contribution is 2.32. The minimum atomic E-state index is -0.0576. The van der Waals surface area contributed by atoms with Gasteiger partial charge in [0.05, 0.1) is 5.38 Å². The molecule has 94 valence electrons. The molecule has 3 heteroatoms. The molecule has 2 aromatic rings. The van der Waals surface area contributed by atoms with Gasteiger partial charge in [-0.05, 0) is 42.7 Å². The monoisotopic (exact) mass is 342 g/mol. The Hall–Kier alpha value is -0.500. The second-order valence-corrected chi connectivity index (χ2v) is 6.14. The smallest absolute Gasteiger partial charge is 0.0636 e. The normalized spacial score (nSPS) is 12.4. The van der Waals surface area contributed by atoms with E-state index in [-0.39, 0.29) is 5.38 Å². The fourth-order valence-electron chi connectivity index (χ4n) is 1.88. The standard InChI is InChI=1S/C15H13BrCl2/c1-10-5-6-14(16)13(7-10)15(18)9-11-3-2-4-12(17)8-11/h2-8,15H,9H2,1H3. The van der Waals surface area contributed by atoms with Gasteiger partial charge in [0.25, 0.3) is 0 Å². The van der Waals surface area contributed by atoms with E-state index in [1.54, 1.807) is 0 Å². The maximum Gasteiger partial charge on any atom is 0.0636 e. The number of alkyl halides is 1. The quantitative estimate of drug-likeness (QED) is 0.605. The lowest BCUT2D eigenvalue weighted by Gasteiger charge is -2.13. The summed E-state index contributed by atoms with van der Waals surface area (Å²) in [6, 6.07) is 14.1. The van der Waals surface area contributed by atoms with Crippen LogP contribution in [0.1, 0.15) is 22.1 Å². The van der Waals surface area contributed by atoms with Crippen molar-refractivity contribution in [1.82, 2.24) is 0 Å². The topological polar surface area (TPSA) is 0 Å². The molecule has 0 fully saturated rings. The molecule has 0 saturated heterocycles. The van der Waals surface area contributed by atoms with Gasteiger partial charge >= 0.3 is 0 Å². The van der Waals surface area contributed by atoms with Crippen molar-refractivity contribution in [2.75, 3.05) is 0 Å². The number of halogens is 3. The van der Waals surface area contributed by atoms with E-state index in [2.05, 4.69) is 35.0 Å². The molecule has 0 bridgehead atoms. The molecule has 0 aromatic heterocycles. The van der Waals surface area contributed by atoms with Crippen LogP contribution < -0.4 is 0 Å². The van der Waals surface area contributed by atoms with Crippen LogP contribution in [-0.2, 0) is 6.42 Å². The van der Waals surface area contributed by atoms with Gasteiger partial charge in [-0.3, -0.25) is 0 Å².